The van der Waals surface area contributed by atoms with Crippen molar-refractivity contribution in [2.75, 3.05) is 0 Å². The third kappa shape index (κ3) is 3.75. The molecule has 2 heteroatoms. The Morgan fingerprint density at radius 2 is 1.67 bits per heavy atom. The summed E-state index contributed by atoms with van der Waals surface area (Å²) in [4.78, 5) is 12.2. The summed E-state index contributed by atoms with van der Waals surface area (Å²) in [7, 11) is 0. The molecule has 114 valence electrons. The van der Waals surface area contributed by atoms with Gasteiger partial charge in [-0.25, -0.2) is 0 Å². The molecule has 0 spiro atoms. The Morgan fingerprint density at radius 3 is 2.14 bits per heavy atom. The molecule has 2 nitrogen and oxygen atoms in total. The Kier molecular flexibility index (Phi) is 4.01. The molecule has 0 heterocycles. The second-order valence-corrected chi connectivity index (χ2v) is 7.99. The number of allylic oxidation sites excluding steroid dienone is 2. The molecule has 0 aliphatic heterocycles. The van der Waals surface area contributed by atoms with Crippen LogP contribution in [-0.4, -0.2) is 10.9 Å². The van der Waals surface area contributed by atoms with Crippen LogP contribution in [0.2, 0.25) is 0 Å². The molecule has 1 aliphatic rings. The summed E-state index contributed by atoms with van der Waals surface area (Å²) in [6.45, 7) is 10.6. The van der Waals surface area contributed by atoms with Gasteiger partial charge in [0.05, 0.1) is 5.76 Å². The van der Waals surface area contributed by atoms with Gasteiger partial charge in [-0.2, -0.15) is 0 Å². The number of carbonyl (C=O) groups excluding carboxylic acids is 1. The Labute approximate surface area is 127 Å². The van der Waals surface area contributed by atoms with Crippen LogP contribution in [0.25, 0.3) is 0 Å². The van der Waals surface area contributed by atoms with Crippen LogP contribution in [0.4, 0.5) is 0 Å². The van der Waals surface area contributed by atoms with Crippen LogP contribution in [0.3, 0.4) is 0 Å². The second-order valence-electron chi connectivity index (χ2n) is 7.99. The number of hydrogen-bond acceptors (Lipinski definition) is 2. The molecule has 0 atom stereocenters. The Balaban J connectivity index is 2.20. The number of benzene rings is 1. The topological polar surface area (TPSA) is 37.3 Å². The molecular formula is C19H26O2. The van der Waals surface area contributed by atoms with Crippen molar-refractivity contribution in [3.63, 3.8) is 0 Å². The van der Waals surface area contributed by atoms with Crippen molar-refractivity contribution in [1.82, 2.24) is 0 Å². The smallest absolute Gasteiger partial charge is 0.163 e. The molecule has 0 bridgehead atoms. The predicted octanol–water partition coefficient (Wildman–Crippen LogP) is 4.73. The highest BCUT2D eigenvalue weighted by atomic mass is 16.3. The number of rotatable bonds is 2. The number of aliphatic hydroxyl groups excluding tert-OH is 1. The van der Waals surface area contributed by atoms with Crippen molar-refractivity contribution in [3.05, 3.63) is 46.7 Å². The average Bonchev–Trinajstić information content (AvgIpc) is 2.32. The average molecular weight is 286 g/mol. The largest absolute Gasteiger partial charge is 0.512 e. The number of Topliss-reactive ketones (excluding diaryl/α,β-unsaturated/α-hetero) is 1. The fraction of sp³-hybridized carbons (Fsp3) is 0.526. The third-order valence-electron chi connectivity index (χ3n) is 4.17. The zero-order chi connectivity index (χ0) is 15.8. The van der Waals surface area contributed by atoms with Crippen molar-refractivity contribution in [3.8, 4) is 0 Å². The molecule has 21 heavy (non-hydrogen) atoms. The maximum absolute atomic E-state index is 12.2. The highest BCUT2D eigenvalue weighted by Crippen LogP contribution is 2.36. The van der Waals surface area contributed by atoms with Crippen molar-refractivity contribution in [2.45, 2.75) is 59.3 Å². The van der Waals surface area contributed by atoms with E-state index in [4.69, 9.17) is 0 Å². The lowest BCUT2D eigenvalue weighted by molar-refractivity contribution is -0.118. The molecule has 1 aromatic carbocycles. The van der Waals surface area contributed by atoms with Gasteiger partial charge in [0.15, 0.2) is 5.78 Å². The number of carbonyl (C=O) groups is 1. The van der Waals surface area contributed by atoms with E-state index in [9.17, 15) is 9.90 Å². The van der Waals surface area contributed by atoms with Gasteiger partial charge in [0.2, 0.25) is 0 Å². The van der Waals surface area contributed by atoms with Gasteiger partial charge in [-0.15, -0.1) is 0 Å². The van der Waals surface area contributed by atoms with E-state index in [0.29, 0.717) is 24.8 Å². The van der Waals surface area contributed by atoms with E-state index in [1.165, 1.54) is 5.56 Å². The van der Waals surface area contributed by atoms with Crippen LogP contribution >= 0.6 is 0 Å². The summed E-state index contributed by atoms with van der Waals surface area (Å²) in [6, 6.07) is 8.36. The van der Waals surface area contributed by atoms with Crippen LogP contribution in [0.1, 0.15) is 58.6 Å². The van der Waals surface area contributed by atoms with Crippen LogP contribution in [0.15, 0.2) is 35.6 Å². The molecule has 0 amide bonds. The standard InChI is InChI=1S/C19H26O2/c1-18(2,3)14-8-6-13(7-9-14)10-15-16(20)11-19(4,5)12-17(15)21/h6-9,20H,10-12H2,1-5H3. The summed E-state index contributed by atoms with van der Waals surface area (Å²) in [5.41, 5.74) is 2.96. The zero-order valence-electron chi connectivity index (χ0n) is 13.8. The van der Waals surface area contributed by atoms with Gasteiger partial charge in [0.25, 0.3) is 0 Å². The van der Waals surface area contributed by atoms with Crippen LogP contribution < -0.4 is 0 Å². The Morgan fingerprint density at radius 1 is 1.10 bits per heavy atom. The first-order chi connectivity index (χ1) is 9.58. The molecule has 1 aromatic rings. The van der Waals surface area contributed by atoms with Crippen LogP contribution in [0, 0.1) is 5.41 Å². The van der Waals surface area contributed by atoms with Gasteiger partial charge >= 0.3 is 0 Å². The number of hydrogen-bond donors (Lipinski definition) is 1. The van der Waals surface area contributed by atoms with Crippen molar-refractivity contribution in [1.29, 1.82) is 0 Å². The third-order valence-corrected chi connectivity index (χ3v) is 4.17. The predicted molar refractivity (Wildman–Crippen MR) is 86.5 cm³/mol. The molecule has 0 radical (unpaired) electrons. The van der Waals surface area contributed by atoms with Gasteiger partial charge in [0.1, 0.15) is 0 Å². The first kappa shape index (κ1) is 15.8. The lowest BCUT2D eigenvalue weighted by Crippen LogP contribution is -2.26. The molecule has 2 rings (SSSR count). The van der Waals surface area contributed by atoms with E-state index in [-0.39, 0.29) is 22.4 Å². The summed E-state index contributed by atoms with van der Waals surface area (Å²) >= 11 is 0. The summed E-state index contributed by atoms with van der Waals surface area (Å²) < 4.78 is 0. The van der Waals surface area contributed by atoms with E-state index in [1.54, 1.807) is 0 Å². The van der Waals surface area contributed by atoms with E-state index >= 15 is 0 Å². The van der Waals surface area contributed by atoms with Crippen molar-refractivity contribution in [2.24, 2.45) is 5.41 Å². The second kappa shape index (κ2) is 5.32. The molecule has 0 aromatic heterocycles. The van der Waals surface area contributed by atoms with E-state index in [0.717, 1.165) is 5.56 Å². The normalized spacial score (nSPS) is 19.0. The maximum atomic E-state index is 12.2. The highest BCUT2D eigenvalue weighted by Gasteiger charge is 2.32. The minimum absolute atomic E-state index is 0.0867. The zero-order valence-corrected chi connectivity index (χ0v) is 13.8. The van der Waals surface area contributed by atoms with Crippen molar-refractivity contribution >= 4 is 5.78 Å². The summed E-state index contributed by atoms with van der Waals surface area (Å²) in [5, 5.41) is 10.2. The fourth-order valence-electron chi connectivity index (χ4n) is 2.85. The fourth-order valence-corrected chi connectivity index (χ4v) is 2.85. The molecular weight excluding hydrogens is 260 g/mol. The summed E-state index contributed by atoms with van der Waals surface area (Å²) in [6.07, 6.45) is 1.64. The molecule has 0 unspecified atom stereocenters. The maximum Gasteiger partial charge on any atom is 0.163 e. The molecule has 0 saturated carbocycles. The van der Waals surface area contributed by atoms with Gasteiger partial charge < -0.3 is 5.11 Å². The van der Waals surface area contributed by atoms with Crippen molar-refractivity contribution < 1.29 is 9.90 Å². The monoisotopic (exact) mass is 286 g/mol. The number of aliphatic hydroxyl groups is 1. The first-order valence-electron chi connectivity index (χ1n) is 7.62. The van der Waals surface area contributed by atoms with E-state index in [2.05, 4.69) is 45.0 Å². The summed E-state index contributed by atoms with van der Waals surface area (Å²) in [5.74, 6) is 0.361. The van der Waals surface area contributed by atoms with Gasteiger partial charge in [-0.3, -0.25) is 4.79 Å². The van der Waals surface area contributed by atoms with Crippen LogP contribution in [0.5, 0.6) is 0 Å². The highest BCUT2D eigenvalue weighted by molar-refractivity contribution is 5.97. The first-order valence-corrected chi connectivity index (χ1v) is 7.62. The Bertz CT molecular complexity index is 569. The molecule has 0 fully saturated rings. The minimum Gasteiger partial charge on any atom is -0.512 e. The Hall–Kier alpha value is -1.57. The van der Waals surface area contributed by atoms with Gasteiger partial charge in [-0.05, 0) is 22.0 Å². The lowest BCUT2D eigenvalue weighted by atomic mass is 9.75. The van der Waals surface area contributed by atoms with E-state index in [1.807, 2.05) is 13.8 Å². The SMILES string of the molecule is CC1(C)CC(=O)C(Cc2ccc(C(C)(C)C)cc2)=C(O)C1. The van der Waals surface area contributed by atoms with Crippen LogP contribution in [-0.2, 0) is 16.6 Å². The van der Waals surface area contributed by atoms with Gasteiger partial charge in [0, 0.05) is 24.8 Å². The molecule has 1 aliphatic carbocycles. The van der Waals surface area contributed by atoms with E-state index < -0.39 is 0 Å². The molecule has 1 N–H and O–H groups in total. The number of ketones is 1. The van der Waals surface area contributed by atoms with Gasteiger partial charge in [-0.1, -0.05) is 58.9 Å². The molecule has 0 saturated heterocycles. The lowest BCUT2D eigenvalue weighted by Gasteiger charge is -2.29. The quantitative estimate of drug-likeness (QED) is 0.853. The minimum atomic E-state index is -0.124.